The predicted molar refractivity (Wildman–Crippen MR) is 96.4 cm³/mol. The van der Waals surface area contributed by atoms with E-state index in [2.05, 4.69) is 15.0 Å². The summed E-state index contributed by atoms with van der Waals surface area (Å²) in [6.45, 7) is 5.42. The van der Waals surface area contributed by atoms with E-state index >= 15 is 0 Å². The Kier molecular flexibility index (Phi) is 6.01. The second-order valence-corrected chi connectivity index (χ2v) is 8.37. The number of fused-ring (bicyclic) bond motifs is 1. The van der Waals surface area contributed by atoms with Gasteiger partial charge in [0.2, 0.25) is 5.91 Å². The number of benzene rings is 1. The van der Waals surface area contributed by atoms with Gasteiger partial charge >= 0.3 is 5.97 Å². The van der Waals surface area contributed by atoms with Crippen molar-refractivity contribution in [2.75, 3.05) is 0 Å². The van der Waals surface area contributed by atoms with E-state index in [4.69, 9.17) is 0 Å². The number of hydrogen-bond acceptors (Lipinski definition) is 5. The SMILES string of the molecule is CC(C)CC(NC(=O)CC(C)N=C1NS(=O)(=O)c2ccccc21)C(=O)O. The van der Waals surface area contributed by atoms with Crippen molar-refractivity contribution in [3.63, 3.8) is 0 Å². The zero-order chi connectivity index (χ0) is 19.5. The normalized spacial score (nSPS) is 18.8. The molecule has 1 amide bonds. The third-order valence-electron chi connectivity index (χ3n) is 3.83. The van der Waals surface area contributed by atoms with Gasteiger partial charge in [-0.05, 0) is 31.4 Å². The zero-order valence-corrected chi connectivity index (χ0v) is 15.7. The van der Waals surface area contributed by atoms with E-state index in [0.29, 0.717) is 12.0 Å². The molecule has 0 spiro atoms. The molecule has 0 fully saturated rings. The number of carboxylic acids is 1. The Morgan fingerprint density at radius 1 is 1.23 bits per heavy atom. The summed E-state index contributed by atoms with van der Waals surface area (Å²) in [7, 11) is -3.63. The summed E-state index contributed by atoms with van der Waals surface area (Å²) in [6.07, 6.45) is 0.284. The van der Waals surface area contributed by atoms with E-state index < -0.39 is 34.0 Å². The van der Waals surface area contributed by atoms with Crippen LogP contribution in [0.25, 0.3) is 0 Å². The van der Waals surface area contributed by atoms with Crippen LogP contribution in [0.3, 0.4) is 0 Å². The Morgan fingerprint density at radius 2 is 1.88 bits per heavy atom. The first-order valence-electron chi connectivity index (χ1n) is 8.32. The minimum absolute atomic E-state index is 0.0464. The molecule has 2 atom stereocenters. The summed E-state index contributed by atoms with van der Waals surface area (Å²) in [5.74, 6) is -1.20. The molecule has 1 aromatic carbocycles. The average molecular weight is 381 g/mol. The van der Waals surface area contributed by atoms with Gasteiger partial charge in [0.05, 0.1) is 10.9 Å². The fourth-order valence-corrected chi connectivity index (χ4v) is 3.95. The average Bonchev–Trinajstić information content (AvgIpc) is 2.77. The standard InChI is InChI=1S/C17H23N3O5S/c1-10(2)8-13(17(22)23)19-15(21)9-11(3)18-16-12-6-4-5-7-14(12)26(24,25)20-16/h4-7,10-11,13H,8-9H2,1-3H3,(H,18,20)(H,19,21)(H,22,23). The number of carbonyl (C=O) groups is 2. The van der Waals surface area contributed by atoms with Crippen LogP contribution in [0, 0.1) is 5.92 Å². The maximum absolute atomic E-state index is 12.1. The van der Waals surface area contributed by atoms with Gasteiger partial charge in [0, 0.05) is 12.0 Å². The molecule has 2 unspecified atom stereocenters. The van der Waals surface area contributed by atoms with Crippen LogP contribution in [0.15, 0.2) is 34.2 Å². The number of sulfonamides is 1. The van der Waals surface area contributed by atoms with Crippen molar-refractivity contribution in [3.05, 3.63) is 29.8 Å². The molecule has 0 aromatic heterocycles. The predicted octanol–water partition coefficient (Wildman–Crippen LogP) is 1.12. The second-order valence-electron chi connectivity index (χ2n) is 6.72. The Balaban J connectivity index is 2.07. The minimum atomic E-state index is -3.63. The van der Waals surface area contributed by atoms with Crippen molar-refractivity contribution in [1.29, 1.82) is 0 Å². The largest absolute Gasteiger partial charge is 0.480 e. The molecule has 1 heterocycles. The molecule has 26 heavy (non-hydrogen) atoms. The maximum Gasteiger partial charge on any atom is 0.326 e. The molecule has 0 bridgehead atoms. The van der Waals surface area contributed by atoms with Gasteiger partial charge in [-0.25, -0.2) is 13.2 Å². The van der Waals surface area contributed by atoms with Gasteiger partial charge < -0.3 is 10.4 Å². The zero-order valence-electron chi connectivity index (χ0n) is 14.9. The van der Waals surface area contributed by atoms with E-state index in [0.717, 1.165) is 0 Å². The monoisotopic (exact) mass is 381 g/mol. The van der Waals surface area contributed by atoms with Crippen LogP contribution < -0.4 is 10.0 Å². The van der Waals surface area contributed by atoms with E-state index in [1.165, 1.54) is 6.07 Å². The minimum Gasteiger partial charge on any atom is -0.480 e. The van der Waals surface area contributed by atoms with Crippen LogP contribution in [0.1, 0.15) is 39.2 Å². The second kappa shape index (κ2) is 7.86. The Bertz CT molecular complexity index is 833. The first kappa shape index (κ1) is 19.9. The number of amides is 1. The molecule has 0 aliphatic carbocycles. The molecular weight excluding hydrogens is 358 g/mol. The highest BCUT2D eigenvalue weighted by Gasteiger charge is 2.30. The number of rotatable bonds is 7. The molecule has 2 rings (SSSR count). The van der Waals surface area contributed by atoms with Crippen molar-refractivity contribution in [2.24, 2.45) is 10.9 Å². The summed E-state index contributed by atoms with van der Waals surface area (Å²) in [5, 5.41) is 11.7. The number of amidine groups is 1. The molecular formula is C17H23N3O5S. The van der Waals surface area contributed by atoms with E-state index in [9.17, 15) is 23.1 Å². The molecule has 1 aliphatic heterocycles. The molecule has 3 N–H and O–H groups in total. The number of carboxylic acid groups (broad SMARTS) is 1. The van der Waals surface area contributed by atoms with Gasteiger partial charge in [-0.2, -0.15) is 0 Å². The fourth-order valence-electron chi connectivity index (χ4n) is 2.71. The van der Waals surface area contributed by atoms with Crippen molar-refractivity contribution in [2.45, 2.75) is 50.6 Å². The summed E-state index contributed by atoms with van der Waals surface area (Å²) in [6, 6.07) is 4.99. The third kappa shape index (κ3) is 4.81. The molecule has 0 radical (unpaired) electrons. The van der Waals surface area contributed by atoms with Gasteiger partial charge in [0.25, 0.3) is 10.0 Å². The van der Waals surface area contributed by atoms with Crippen LogP contribution in [-0.4, -0.2) is 43.3 Å². The molecule has 0 saturated carbocycles. The number of hydrogen-bond donors (Lipinski definition) is 3. The van der Waals surface area contributed by atoms with Crippen LogP contribution in [-0.2, 0) is 19.6 Å². The Morgan fingerprint density at radius 3 is 2.50 bits per heavy atom. The van der Waals surface area contributed by atoms with Gasteiger partial charge in [-0.15, -0.1) is 0 Å². The number of nitrogens with zero attached hydrogens (tertiary/aromatic N) is 1. The van der Waals surface area contributed by atoms with E-state index in [1.807, 2.05) is 13.8 Å². The molecule has 142 valence electrons. The van der Waals surface area contributed by atoms with Crippen LogP contribution in [0.5, 0.6) is 0 Å². The molecule has 8 nitrogen and oxygen atoms in total. The maximum atomic E-state index is 12.1. The quantitative estimate of drug-likeness (QED) is 0.653. The Labute approximate surface area is 152 Å². The lowest BCUT2D eigenvalue weighted by Crippen LogP contribution is -2.42. The summed E-state index contributed by atoms with van der Waals surface area (Å²) in [5.41, 5.74) is 0.461. The lowest BCUT2D eigenvalue weighted by molar-refractivity contribution is -0.142. The third-order valence-corrected chi connectivity index (χ3v) is 5.23. The number of aliphatic imine (C=N–C) groups is 1. The fraction of sp³-hybridized carbons (Fsp3) is 0.471. The lowest BCUT2D eigenvalue weighted by Gasteiger charge is -2.17. The first-order valence-corrected chi connectivity index (χ1v) is 9.80. The smallest absolute Gasteiger partial charge is 0.326 e. The van der Waals surface area contributed by atoms with Gasteiger partial charge in [-0.3, -0.25) is 14.5 Å². The van der Waals surface area contributed by atoms with Crippen molar-refractivity contribution in [1.82, 2.24) is 10.0 Å². The van der Waals surface area contributed by atoms with E-state index in [-0.39, 0.29) is 23.1 Å². The summed E-state index contributed by atoms with van der Waals surface area (Å²) in [4.78, 5) is 27.8. The topological polar surface area (TPSA) is 125 Å². The number of aliphatic carboxylic acids is 1. The highest BCUT2D eigenvalue weighted by atomic mass is 32.2. The van der Waals surface area contributed by atoms with Crippen LogP contribution in [0.4, 0.5) is 0 Å². The number of nitrogens with one attached hydrogen (secondary N) is 2. The Hall–Kier alpha value is -2.42. The van der Waals surface area contributed by atoms with Crippen molar-refractivity contribution >= 4 is 27.7 Å². The van der Waals surface area contributed by atoms with Gasteiger partial charge in [0.15, 0.2) is 0 Å². The van der Waals surface area contributed by atoms with Gasteiger partial charge in [0.1, 0.15) is 11.9 Å². The number of carbonyl (C=O) groups excluding carboxylic acids is 1. The van der Waals surface area contributed by atoms with Crippen molar-refractivity contribution < 1.29 is 23.1 Å². The molecule has 9 heteroatoms. The summed E-state index contributed by atoms with van der Waals surface area (Å²) >= 11 is 0. The molecule has 1 aliphatic rings. The molecule has 0 saturated heterocycles. The lowest BCUT2D eigenvalue weighted by atomic mass is 10.0. The van der Waals surface area contributed by atoms with Gasteiger partial charge in [-0.1, -0.05) is 26.0 Å². The summed E-state index contributed by atoms with van der Waals surface area (Å²) < 4.78 is 26.5. The van der Waals surface area contributed by atoms with Crippen molar-refractivity contribution in [3.8, 4) is 0 Å². The molecule has 1 aromatic rings. The first-order chi connectivity index (χ1) is 12.1. The van der Waals surface area contributed by atoms with Crippen LogP contribution in [0.2, 0.25) is 0 Å². The van der Waals surface area contributed by atoms with Crippen LogP contribution >= 0.6 is 0 Å². The highest BCUT2D eigenvalue weighted by Crippen LogP contribution is 2.22. The highest BCUT2D eigenvalue weighted by molar-refractivity contribution is 7.90. The van der Waals surface area contributed by atoms with E-state index in [1.54, 1.807) is 25.1 Å².